The van der Waals surface area contributed by atoms with Crippen LogP contribution in [0.3, 0.4) is 0 Å². The molecule has 0 bridgehead atoms. The van der Waals surface area contributed by atoms with Crippen molar-refractivity contribution >= 4 is 5.91 Å². The second kappa shape index (κ2) is 10.1. The Bertz CT molecular complexity index is 703. The fourth-order valence-corrected chi connectivity index (χ4v) is 3.65. The molecule has 0 saturated carbocycles. The highest BCUT2D eigenvalue weighted by Gasteiger charge is 2.29. The van der Waals surface area contributed by atoms with Crippen molar-refractivity contribution < 1.29 is 9.53 Å². The largest absolute Gasteiger partial charge is 0.497 e. The SMILES string of the molecule is COc1ccc(CNCC[C@@H]2CCC(=O)N2CCCc2ccncc2)cc1. The summed E-state index contributed by atoms with van der Waals surface area (Å²) in [4.78, 5) is 18.4. The second-order valence-electron chi connectivity index (χ2n) is 7.05. The molecule has 144 valence electrons. The summed E-state index contributed by atoms with van der Waals surface area (Å²) in [6.45, 7) is 2.61. The van der Waals surface area contributed by atoms with Gasteiger partial charge in [-0.05, 0) is 67.6 Å². The average Bonchev–Trinajstić information content (AvgIpc) is 3.06. The van der Waals surface area contributed by atoms with Gasteiger partial charge in [-0.25, -0.2) is 0 Å². The van der Waals surface area contributed by atoms with E-state index < -0.39 is 0 Å². The molecule has 5 heteroatoms. The summed E-state index contributed by atoms with van der Waals surface area (Å²) >= 11 is 0. The molecule has 2 heterocycles. The second-order valence-corrected chi connectivity index (χ2v) is 7.05. The van der Waals surface area contributed by atoms with E-state index in [-0.39, 0.29) is 0 Å². The van der Waals surface area contributed by atoms with Crippen LogP contribution in [0.5, 0.6) is 5.75 Å². The average molecular weight is 367 g/mol. The van der Waals surface area contributed by atoms with Crippen LogP contribution in [0.4, 0.5) is 0 Å². The zero-order chi connectivity index (χ0) is 18.9. The van der Waals surface area contributed by atoms with Gasteiger partial charge < -0.3 is 15.0 Å². The summed E-state index contributed by atoms with van der Waals surface area (Å²) in [7, 11) is 1.68. The highest BCUT2D eigenvalue weighted by molar-refractivity contribution is 5.78. The van der Waals surface area contributed by atoms with Crippen LogP contribution in [0, 0.1) is 0 Å². The number of aromatic nitrogens is 1. The van der Waals surface area contributed by atoms with Gasteiger partial charge in [0.1, 0.15) is 5.75 Å². The Morgan fingerprint density at radius 1 is 1.15 bits per heavy atom. The first-order chi connectivity index (χ1) is 13.3. The number of pyridine rings is 1. The molecule has 0 spiro atoms. The minimum absolute atomic E-state index is 0.310. The lowest BCUT2D eigenvalue weighted by Crippen LogP contribution is -2.36. The van der Waals surface area contributed by atoms with Gasteiger partial charge in [0.25, 0.3) is 0 Å². The number of ether oxygens (including phenoxy) is 1. The van der Waals surface area contributed by atoms with Crippen molar-refractivity contribution in [1.82, 2.24) is 15.2 Å². The van der Waals surface area contributed by atoms with Gasteiger partial charge in [-0.3, -0.25) is 9.78 Å². The fraction of sp³-hybridized carbons (Fsp3) is 0.455. The summed E-state index contributed by atoms with van der Waals surface area (Å²) in [5.74, 6) is 1.19. The number of likely N-dealkylation sites (tertiary alicyclic amines) is 1. The molecular formula is C22H29N3O2. The Morgan fingerprint density at radius 2 is 1.93 bits per heavy atom. The lowest BCUT2D eigenvalue weighted by Gasteiger charge is -2.25. The van der Waals surface area contributed by atoms with Gasteiger partial charge in [0.15, 0.2) is 0 Å². The third-order valence-electron chi connectivity index (χ3n) is 5.21. The van der Waals surface area contributed by atoms with Crippen LogP contribution in [0.15, 0.2) is 48.8 Å². The molecule has 0 unspecified atom stereocenters. The number of hydrogen-bond donors (Lipinski definition) is 1. The lowest BCUT2D eigenvalue weighted by atomic mass is 10.1. The van der Waals surface area contributed by atoms with Crippen LogP contribution >= 0.6 is 0 Å². The number of hydrogen-bond acceptors (Lipinski definition) is 4. The van der Waals surface area contributed by atoms with Crippen molar-refractivity contribution in [3.8, 4) is 5.75 Å². The number of carbonyl (C=O) groups is 1. The highest BCUT2D eigenvalue weighted by Crippen LogP contribution is 2.22. The molecule has 0 aliphatic carbocycles. The molecule has 1 aliphatic heterocycles. The molecule has 1 aromatic heterocycles. The van der Waals surface area contributed by atoms with Crippen molar-refractivity contribution in [1.29, 1.82) is 0 Å². The topological polar surface area (TPSA) is 54.5 Å². The van der Waals surface area contributed by atoms with Crippen molar-refractivity contribution in [2.75, 3.05) is 20.2 Å². The number of methoxy groups -OCH3 is 1. The van der Waals surface area contributed by atoms with Crippen LogP contribution in [0.1, 0.15) is 36.8 Å². The number of carbonyl (C=O) groups excluding carboxylic acids is 1. The van der Waals surface area contributed by atoms with E-state index in [0.717, 1.165) is 51.1 Å². The van der Waals surface area contributed by atoms with E-state index in [4.69, 9.17) is 4.74 Å². The summed E-state index contributed by atoms with van der Waals surface area (Å²) in [5.41, 5.74) is 2.53. The maximum atomic E-state index is 12.2. The first kappa shape index (κ1) is 19.4. The van der Waals surface area contributed by atoms with Crippen LogP contribution in [0.2, 0.25) is 0 Å². The van der Waals surface area contributed by atoms with Crippen molar-refractivity contribution in [2.45, 2.75) is 44.7 Å². The predicted molar refractivity (Wildman–Crippen MR) is 107 cm³/mol. The predicted octanol–water partition coefficient (Wildman–Crippen LogP) is 3.19. The van der Waals surface area contributed by atoms with Gasteiger partial charge in [0.2, 0.25) is 5.91 Å². The number of amides is 1. The smallest absolute Gasteiger partial charge is 0.222 e. The molecule has 0 radical (unpaired) electrons. The molecule has 1 atom stereocenters. The van der Waals surface area contributed by atoms with Gasteiger partial charge in [0.05, 0.1) is 7.11 Å². The van der Waals surface area contributed by atoms with Gasteiger partial charge in [-0.15, -0.1) is 0 Å². The molecular weight excluding hydrogens is 338 g/mol. The first-order valence-corrected chi connectivity index (χ1v) is 9.78. The molecule has 1 amide bonds. The van der Waals surface area contributed by atoms with Crippen LogP contribution in [0.25, 0.3) is 0 Å². The van der Waals surface area contributed by atoms with Gasteiger partial charge >= 0.3 is 0 Å². The van der Waals surface area contributed by atoms with Gasteiger partial charge in [-0.1, -0.05) is 12.1 Å². The molecule has 5 nitrogen and oxygen atoms in total. The van der Waals surface area contributed by atoms with E-state index in [0.29, 0.717) is 18.4 Å². The maximum Gasteiger partial charge on any atom is 0.222 e. The first-order valence-electron chi connectivity index (χ1n) is 9.78. The minimum atomic E-state index is 0.310. The third kappa shape index (κ3) is 5.79. The van der Waals surface area contributed by atoms with Crippen LogP contribution in [-0.4, -0.2) is 42.0 Å². The Labute approximate surface area is 161 Å². The molecule has 3 rings (SSSR count). The molecule has 1 aliphatic rings. The Morgan fingerprint density at radius 3 is 2.67 bits per heavy atom. The Hall–Kier alpha value is -2.40. The van der Waals surface area contributed by atoms with Crippen LogP contribution < -0.4 is 10.1 Å². The van der Waals surface area contributed by atoms with E-state index in [1.54, 1.807) is 7.11 Å². The number of nitrogens with one attached hydrogen (secondary N) is 1. The van der Waals surface area contributed by atoms with E-state index in [9.17, 15) is 4.79 Å². The van der Waals surface area contributed by atoms with E-state index in [1.807, 2.05) is 36.7 Å². The molecule has 27 heavy (non-hydrogen) atoms. The normalized spacial score (nSPS) is 16.7. The Kier molecular flexibility index (Phi) is 7.22. The number of rotatable bonds is 10. The van der Waals surface area contributed by atoms with Gasteiger partial charge in [0, 0.05) is 37.9 Å². The summed E-state index contributed by atoms with van der Waals surface area (Å²) < 4.78 is 5.18. The zero-order valence-corrected chi connectivity index (χ0v) is 16.1. The summed E-state index contributed by atoms with van der Waals surface area (Å²) in [5, 5.41) is 3.50. The quantitative estimate of drug-likeness (QED) is 0.655. The van der Waals surface area contributed by atoms with Crippen molar-refractivity contribution in [2.24, 2.45) is 0 Å². The highest BCUT2D eigenvalue weighted by atomic mass is 16.5. The molecule has 1 fully saturated rings. The van der Waals surface area contributed by atoms with E-state index in [1.165, 1.54) is 11.1 Å². The number of nitrogens with zero attached hydrogens (tertiary/aromatic N) is 2. The zero-order valence-electron chi connectivity index (χ0n) is 16.1. The summed E-state index contributed by atoms with van der Waals surface area (Å²) in [6.07, 6.45) is 8.34. The molecule has 1 saturated heterocycles. The third-order valence-corrected chi connectivity index (χ3v) is 5.21. The summed E-state index contributed by atoms with van der Waals surface area (Å²) in [6, 6.07) is 12.6. The van der Waals surface area contributed by atoms with Crippen molar-refractivity contribution in [3.05, 3.63) is 59.9 Å². The lowest BCUT2D eigenvalue weighted by molar-refractivity contribution is -0.129. The monoisotopic (exact) mass is 367 g/mol. The van der Waals surface area contributed by atoms with E-state index >= 15 is 0 Å². The van der Waals surface area contributed by atoms with Gasteiger partial charge in [-0.2, -0.15) is 0 Å². The molecule has 1 aromatic carbocycles. The fourth-order valence-electron chi connectivity index (χ4n) is 3.65. The minimum Gasteiger partial charge on any atom is -0.497 e. The maximum absolute atomic E-state index is 12.2. The molecule has 1 N–H and O–H groups in total. The number of aryl methyl sites for hydroxylation is 1. The van der Waals surface area contributed by atoms with Crippen LogP contribution in [-0.2, 0) is 17.8 Å². The van der Waals surface area contributed by atoms with Crippen molar-refractivity contribution in [3.63, 3.8) is 0 Å². The molecule has 2 aromatic rings. The number of benzene rings is 1. The Balaban J connectivity index is 1.38. The standard InChI is InChI=1S/C22H29N3O2/c1-27-21-7-4-19(5-8-21)17-24-15-12-20-6-9-22(26)25(20)16-2-3-18-10-13-23-14-11-18/h4-5,7-8,10-11,13-14,20,24H,2-3,6,9,12,15-17H2,1H3/t20-/m0/s1. The van der Waals surface area contributed by atoms with E-state index in [2.05, 4.69) is 27.3 Å².